The number of hydrogen-bond donors (Lipinski definition) is 4. The summed E-state index contributed by atoms with van der Waals surface area (Å²) < 4.78 is 5.45. The van der Waals surface area contributed by atoms with Crippen molar-refractivity contribution >= 4 is 45.1 Å². The Morgan fingerprint density at radius 3 is 2.40 bits per heavy atom. The summed E-state index contributed by atoms with van der Waals surface area (Å²) in [5.74, 6) is -1.27. The Kier molecular flexibility index (Phi) is 9.85. The van der Waals surface area contributed by atoms with Crippen molar-refractivity contribution in [1.82, 2.24) is 10.3 Å². The third kappa shape index (κ3) is 7.16. The molecule has 4 aromatic rings. The summed E-state index contributed by atoms with van der Waals surface area (Å²) >= 11 is 6.24. The lowest BCUT2D eigenvalue weighted by Crippen LogP contribution is -2.25. The number of anilines is 1. The molecular formula is C33H38ClN3O5. The summed E-state index contributed by atoms with van der Waals surface area (Å²) in [5.41, 5.74) is 4.27. The highest BCUT2D eigenvalue weighted by molar-refractivity contribution is 6.31. The van der Waals surface area contributed by atoms with Crippen LogP contribution in [0.5, 0.6) is 11.5 Å². The first kappa shape index (κ1) is 29.7. The second-order valence-electron chi connectivity index (χ2n) is 11.1. The fourth-order valence-corrected chi connectivity index (χ4v) is 5.95. The van der Waals surface area contributed by atoms with Crippen LogP contribution in [-0.4, -0.2) is 34.2 Å². The van der Waals surface area contributed by atoms with Crippen LogP contribution in [0.3, 0.4) is 0 Å². The zero-order valence-electron chi connectivity index (χ0n) is 23.8. The van der Waals surface area contributed by atoms with E-state index < -0.39 is 11.3 Å². The van der Waals surface area contributed by atoms with Crippen LogP contribution < -0.4 is 16.1 Å². The molecule has 2 aromatic heterocycles. The molecule has 0 saturated carbocycles. The van der Waals surface area contributed by atoms with Crippen LogP contribution in [0.2, 0.25) is 5.02 Å². The summed E-state index contributed by atoms with van der Waals surface area (Å²) in [4.78, 5) is 29.6. The topological polar surface area (TPSA) is 125 Å². The molecule has 0 fully saturated rings. The number of nitrogens with zero attached hydrogens (tertiary/aromatic N) is 1. The molecule has 0 aliphatic heterocycles. The van der Waals surface area contributed by atoms with Gasteiger partial charge in [0.25, 0.3) is 5.91 Å². The van der Waals surface area contributed by atoms with E-state index in [4.69, 9.17) is 21.0 Å². The number of unbranched alkanes of at least 4 members (excludes halogenated alkanes) is 7. The van der Waals surface area contributed by atoms with Crippen LogP contribution in [0.4, 0.5) is 5.69 Å². The molecule has 4 N–H and O–H groups in total. The number of amides is 1. The maximum Gasteiger partial charge on any atom is 0.287 e. The number of aromatic hydroxyl groups is 2. The number of benzene rings is 2. The molecule has 0 bridgehead atoms. The van der Waals surface area contributed by atoms with Crippen molar-refractivity contribution in [2.75, 3.05) is 18.4 Å². The van der Waals surface area contributed by atoms with Gasteiger partial charge in [0.05, 0.1) is 5.52 Å². The van der Waals surface area contributed by atoms with Crippen LogP contribution in [0.25, 0.3) is 21.9 Å². The predicted octanol–water partition coefficient (Wildman–Crippen LogP) is 7.25. The van der Waals surface area contributed by atoms with E-state index in [1.807, 2.05) is 12.1 Å². The molecule has 222 valence electrons. The maximum absolute atomic E-state index is 12.4. The Balaban J connectivity index is 0.964. The molecule has 0 unspecified atom stereocenters. The fraction of sp³-hybridized carbons (Fsp3) is 0.424. The van der Waals surface area contributed by atoms with Crippen molar-refractivity contribution in [3.63, 3.8) is 0 Å². The lowest BCUT2D eigenvalue weighted by Gasteiger charge is -2.22. The molecule has 1 aliphatic rings. The van der Waals surface area contributed by atoms with Crippen LogP contribution in [0, 0.1) is 0 Å². The van der Waals surface area contributed by atoms with Crippen molar-refractivity contribution in [2.45, 2.75) is 77.0 Å². The summed E-state index contributed by atoms with van der Waals surface area (Å²) in [6.45, 7) is 1.44. The monoisotopic (exact) mass is 591 g/mol. The number of aromatic nitrogens is 1. The van der Waals surface area contributed by atoms with Gasteiger partial charge < -0.3 is 25.3 Å². The number of aryl methyl sites for hydroxylation is 1. The first-order valence-corrected chi connectivity index (χ1v) is 15.4. The first-order chi connectivity index (χ1) is 20.4. The Morgan fingerprint density at radius 2 is 1.62 bits per heavy atom. The predicted molar refractivity (Wildman–Crippen MR) is 167 cm³/mol. The number of carbonyl (C=O) groups excluding carboxylic acids is 1. The highest BCUT2D eigenvalue weighted by atomic mass is 35.5. The van der Waals surface area contributed by atoms with Gasteiger partial charge in [-0.2, -0.15) is 0 Å². The van der Waals surface area contributed by atoms with Crippen LogP contribution in [0.1, 0.15) is 86.0 Å². The molecule has 2 heterocycles. The van der Waals surface area contributed by atoms with Gasteiger partial charge in [-0.3, -0.25) is 14.6 Å². The third-order valence-corrected chi connectivity index (χ3v) is 8.17. The molecule has 8 nitrogen and oxygen atoms in total. The minimum Gasteiger partial charge on any atom is -0.508 e. The smallest absolute Gasteiger partial charge is 0.287 e. The zero-order valence-corrected chi connectivity index (χ0v) is 24.6. The van der Waals surface area contributed by atoms with Crippen LogP contribution in [-0.2, 0) is 12.8 Å². The Bertz CT molecular complexity index is 1630. The molecule has 1 aliphatic carbocycles. The number of phenols is 2. The van der Waals surface area contributed by atoms with Crippen molar-refractivity contribution in [1.29, 1.82) is 0 Å². The number of rotatable bonds is 13. The van der Waals surface area contributed by atoms with E-state index >= 15 is 0 Å². The molecule has 0 radical (unpaired) electrons. The van der Waals surface area contributed by atoms with E-state index in [9.17, 15) is 19.8 Å². The number of carbonyl (C=O) groups is 1. The number of nitrogens with one attached hydrogen (secondary N) is 2. The lowest BCUT2D eigenvalue weighted by molar-refractivity contribution is 0.0925. The third-order valence-electron chi connectivity index (χ3n) is 7.93. The summed E-state index contributed by atoms with van der Waals surface area (Å²) in [6.07, 6.45) is 13.4. The molecule has 0 saturated heterocycles. The van der Waals surface area contributed by atoms with Gasteiger partial charge in [0, 0.05) is 53.1 Å². The maximum atomic E-state index is 12.4. The Morgan fingerprint density at radius 1 is 0.905 bits per heavy atom. The molecule has 42 heavy (non-hydrogen) atoms. The average Bonchev–Trinajstić information content (AvgIpc) is 2.96. The number of fused-ring (bicyclic) bond motifs is 3. The molecule has 1 amide bonds. The number of halogens is 1. The van der Waals surface area contributed by atoms with Gasteiger partial charge in [0.2, 0.25) is 0 Å². The van der Waals surface area contributed by atoms with Gasteiger partial charge in [0.15, 0.2) is 11.2 Å². The van der Waals surface area contributed by atoms with Gasteiger partial charge >= 0.3 is 0 Å². The molecule has 9 heteroatoms. The summed E-state index contributed by atoms with van der Waals surface area (Å²) in [6, 6.07) is 9.33. The van der Waals surface area contributed by atoms with Crippen LogP contribution in [0.15, 0.2) is 45.6 Å². The van der Waals surface area contributed by atoms with Gasteiger partial charge in [0.1, 0.15) is 22.5 Å². The molecular weight excluding hydrogens is 554 g/mol. The normalized spacial score (nSPS) is 12.9. The van der Waals surface area contributed by atoms with Crippen molar-refractivity contribution < 1.29 is 19.4 Å². The zero-order chi connectivity index (χ0) is 29.5. The SMILES string of the molecule is O=C(NCCCCCCCCCCNc1c2c(nc3cc(Cl)ccc13)CCCC2)c1cc(=O)c2c(O)cc(O)cc2o1. The number of pyridine rings is 1. The molecule has 5 rings (SSSR count). The van der Waals surface area contributed by atoms with E-state index in [-0.39, 0.29) is 28.2 Å². The standard InChI is InChI=1S/C33H38ClN3O5/c34-21-13-14-24-26(17-21)37-25-12-8-7-11-23(25)32(24)35-15-9-5-3-1-2-4-6-10-16-36-33(41)30-20-28(40)31-27(39)18-22(38)19-29(31)42-30/h13-14,17-20,38-39H,1-12,15-16H2,(H,35,37)(H,36,41). The van der Waals surface area contributed by atoms with E-state index in [1.165, 1.54) is 60.5 Å². The second kappa shape index (κ2) is 13.9. The van der Waals surface area contributed by atoms with E-state index in [0.717, 1.165) is 74.2 Å². The first-order valence-electron chi connectivity index (χ1n) is 15.0. The van der Waals surface area contributed by atoms with E-state index in [1.54, 1.807) is 0 Å². The number of hydrogen-bond acceptors (Lipinski definition) is 7. The van der Waals surface area contributed by atoms with Crippen molar-refractivity contribution in [3.8, 4) is 11.5 Å². The largest absolute Gasteiger partial charge is 0.508 e. The minimum atomic E-state index is -0.537. The molecule has 0 atom stereocenters. The number of phenolic OH excluding ortho intramolecular Hbond substituents is 2. The van der Waals surface area contributed by atoms with Gasteiger partial charge in [-0.25, -0.2) is 0 Å². The van der Waals surface area contributed by atoms with Crippen LogP contribution >= 0.6 is 11.6 Å². The minimum absolute atomic E-state index is 0.0314. The van der Waals surface area contributed by atoms with Gasteiger partial charge in [-0.15, -0.1) is 0 Å². The molecule has 2 aromatic carbocycles. The van der Waals surface area contributed by atoms with Gasteiger partial charge in [-0.05, 0) is 62.3 Å². The highest BCUT2D eigenvalue weighted by Crippen LogP contribution is 2.34. The van der Waals surface area contributed by atoms with E-state index in [0.29, 0.717) is 6.54 Å². The van der Waals surface area contributed by atoms with Crippen molar-refractivity contribution in [3.05, 3.63) is 68.7 Å². The summed E-state index contributed by atoms with van der Waals surface area (Å²) in [5, 5.41) is 27.8. The lowest BCUT2D eigenvalue weighted by atomic mass is 9.92. The Labute approximate surface area is 250 Å². The highest BCUT2D eigenvalue weighted by Gasteiger charge is 2.18. The average molecular weight is 592 g/mol. The van der Waals surface area contributed by atoms with Crippen molar-refractivity contribution in [2.24, 2.45) is 0 Å². The summed E-state index contributed by atoms with van der Waals surface area (Å²) in [7, 11) is 0. The molecule has 0 spiro atoms. The fourth-order valence-electron chi connectivity index (χ4n) is 5.78. The quantitative estimate of drug-likeness (QED) is 0.121. The second-order valence-corrected chi connectivity index (χ2v) is 11.5. The van der Waals surface area contributed by atoms with Gasteiger partial charge in [-0.1, -0.05) is 50.1 Å². The van der Waals surface area contributed by atoms with E-state index in [2.05, 4.69) is 16.7 Å². The Hall–Kier alpha value is -3.78.